The summed E-state index contributed by atoms with van der Waals surface area (Å²) >= 11 is 0. The van der Waals surface area contributed by atoms with Crippen LogP contribution in [0, 0.1) is 28.4 Å². The maximum atomic E-state index is 13.9. The second-order valence-electron chi connectivity index (χ2n) is 4.89. The van der Waals surface area contributed by atoms with Gasteiger partial charge in [-0.05, 0) is 6.07 Å². The first-order chi connectivity index (χ1) is 8.63. The van der Waals surface area contributed by atoms with E-state index in [0.717, 1.165) is 6.07 Å². The fraction of sp³-hybridized carbons (Fsp3) is 0.462. The van der Waals surface area contributed by atoms with Gasteiger partial charge < -0.3 is 9.47 Å². The van der Waals surface area contributed by atoms with Crippen molar-refractivity contribution in [3.8, 4) is 6.07 Å². The number of nitriles is 1. The lowest BCUT2D eigenvalue weighted by Gasteiger charge is -2.55. The molecule has 0 radical (unpaired) electrons. The molecule has 1 aromatic carbocycles. The van der Waals surface area contributed by atoms with E-state index in [2.05, 4.69) is 6.07 Å². The summed E-state index contributed by atoms with van der Waals surface area (Å²) in [6, 6.07) is 5.70. The molecule has 0 amide bonds. The highest BCUT2D eigenvalue weighted by Gasteiger charge is 2.62. The molecule has 3 rings (SSSR count). The van der Waals surface area contributed by atoms with Gasteiger partial charge >= 0.3 is 0 Å². The molecule has 2 fully saturated rings. The zero-order valence-electron chi connectivity index (χ0n) is 9.58. The first kappa shape index (κ1) is 11.6. The van der Waals surface area contributed by atoms with Gasteiger partial charge in [-0.3, -0.25) is 0 Å². The summed E-state index contributed by atoms with van der Waals surface area (Å²) in [5, 5.41) is 9.36. The van der Waals surface area contributed by atoms with Crippen LogP contribution in [-0.4, -0.2) is 26.4 Å². The average Bonchev–Trinajstić information content (AvgIpc) is 2.22. The Balaban J connectivity index is 2.09. The maximum absolute atomic E-state index is 13.9. The number of rotatable bonds is 2. The summed E-state index contributed by atoms with van der Waals surface area (Å²) in [4.78, 5) is 0. The van der Waals surface area contributed by atoms with Gasteiger partial charge in [-0.1, -0.05) is 6.07 Å². The Hall–Kier alpha value is -1.51. The van der Waals surface area contributed by atoms with Crippen LogP contribution in [0.2, 0.25) is 0 Å². The fourth-order valence-electron chi connectivity index (χ4n) is 2.63. The molecular formula is C13H11F2NO2. The van der Waals surface area contributed by atoms with Gasteiger partial charge in [-0.2, -0.15) is 5.26 Å². The summed E-state index contributed by atoms with van der Waals surface area (Å²) in [7, 11) is 0. The van der Waals surface area contributed by atoms with Crippen LogP contribution in [0.4, 0.5) is 8.78 Å². The van der Waals surface area contributed by atoms with Crippen LogP contribution in [0.15, 0.2) is 18.2 Å². The first-order valence-electron chi connectivity index (χ1n) is 5.66. The van der Waals surface area contributed by atoms with E-state index in [0.29, 0.717) is 5.56 Å². The Bertz CT molecular complexity index is 530. The summed E-state index contributed by atoms with van der Waals surface area (Å²) < 4.78 is 37.2. The lowest BCUT2D eigenvalue weighted by Crippen LogP contribution is -2.66. The summed E-state index contributed by atoms with van der Waals surface area (Å²) in [5.41, 5.74) is -1.12. The van der Waals surface area contributed by atoms with Crippen LogP contribution in [0.1, 0.15) is 5.56 Å². The molecule has 0 atom stereocenters. The zero-order valence-corrected chi connectivity index (χ0v) is 9.58. The van der Waals surface area contributed by atoms with Crippen molar-refractivity contribution < 1.29 is 18.3 Å². The first-order valence-corrected chi connectivity index (χ1v) is 5.66. The standard InChI is InChI=1S/C13H11F2NO2/c14-9-1-2-10(11(15)3-9)13(7-18-8-13)12(4-16)5-17-6-12/h1-3H,5-8H2. The minimum atomic E-state index is -0.760. The number of benzene rings is 1. The van der Waals surface area contributed by atoms with E-state index in [1.165, 1.54) is 12.1 Å². The maximum Gasteiger partial charge on any atom is 0.130 e. The normalized spacial score (nSPS) is 23.6. The Morgan fingerprint density at radius 2 is 1.78 bits per heavy atom. The Morgan fingerprint density at radius 1 is 1.11 bits per heavy atom. The zero-order chi connectivity index (χ0) is 12.8. The largest absolute Gasteiger partial charge is 0.379 e. The van der Waals surface area contributed by atoms with Crippen LogP contribution in [0.3, 0.4) is 0 Å². The van der Waals surface area contributed by atoms with Crippen LogP contribution in [0.5, 0.6) is 0 Å². The molecule has 5 heteroatoms. The molecule has 0 bridgehead atoms. The van der Waals surface area contributed by atoms with Gasteiger partial charge in [0, 0.05) is 11.6 Å². The van der Waals surface area contributed by atoms with Gasteiger partial charge in [0.15, 0.2) is 0 Å². The molecule has 2 aliphatic rings. The highest BCUT2D eigenvalue weighted by atomic mass is 19.1. The molecule has 1 aromatic rings. The molecule has 2 aliphatic heterocycles. The van der Waals surface area contributed by atoms with Gasteiger partial charge in [0.1, 0.15) is 17.0 Å². The summed E-state index contributed by atoms with van der Waals surface area (Å²) in [6.07, 6.45) is 0. The number of halogens is 2. The topological polar surface area (TPSA) is 42.2 Å². The quantitative estimate of drug-likeness (QED) is 0.804. The number of hydrogen-bond acceptors (Lipinski definition) is 3. The molecule has 2 saturated heterocycles. The van der Waals surface area contributed by atoms with Crippen LogP contribution in [-0.2, 0) is 14.9 Å². The van der Waals surface area contributed by atoms with E-state index in [1.807, 2.05) is 0 Å². The highest BCUT2D eigenvalue weighted by molar-refractivity contribution is 5.38. The Kier molecular flexibility index (Phi) is 2.40. The van der Waals surface area contributed by atoms with E-state index in [-0.39, 0.29) is 26.4 Å². The van der Waals surface area contributed by atoms with E-state index in [1.54, 1.807) is 0 Å². The SMILES string of the molecule is N#CC1(C2(c3ccc(F)cc3F)COC2)COC1. The smallest absolute Gasteiger partial charge is 0.130 e. The van der Waals surface area contributed by atoms with Gasteiger partial charge in [0.25, 0.3) is 0 Å². The van der Waals surface area contributed by atoms with E-state index in [4.69, 9.17) is 9.47 Å². The average molecular weight is 251 g/mol. The monoisotopic (exact) mass is 251 g/mol. The molecule has 0 N–H and O–H groups in total. The minimum Gasteiger partial charge on any atom is -0.379 e. The molecule has 0 unspecified atom stereocenters. The van der Waals surface area contributed by atoms with Crippen molar-refractivity contribution in [3.05, 3.63) is 35.4 Å². The van der Waals surface area contributed by atoms with Crippen molar-refractivity contribution in [3.63, 3.8) is 0 Å². The molecule has 18 heavy (non-hydrogen) atoms. The van der Waals surface area contributed by atoms with Crippen molar-refractivity contribution in [2.24, 2.45) is 5.41 Å². The molecule has 0 spiro atoms. The molecule has 0 aliphatic carbocycles. The Morgan fingerprint density at radius 3 is 2.17 bits per heavy atom. The molecular weight excluding hydrogens is 240 g/mol. The molecule has 3 nitrogen and oxygen atoms in total. The predicted octanol–water partition coefficient (Wildman–Crippen LogP) is 1.77. The fourth-order valence-corrected chi connectivity index (χ4v) is 2.63. The second kappa shape index (κ2) is 3.74. The number of nitrogens with zero attached hydrogens (tertiary/aromatic N) is 1. The van der Waals surface area contributed by atoms with Crippen molar-refractivity contribution in [2.75, 3.05) is 26.4 Å². The van der Waals surface area contributed by atoms with Crippen molar-refractivity contribution in [1.29, 1.82) is 5.26 Å². The lowest BCUT2D eigenvalue weighted by molar-refractivity contribution is -0.202. The lowest BCUT2D eigenvalue weighted by atomic mass is 9.58. The third kappa shape index (κ3) is 1.27. The van der Waals surface area contributed by atoms with E-state index >= 15 is 0 Å². The Labute approximate surface area is 103 Å². The number of ether oxygens (including phenoxy) is 2. The van der Waals surface area contributed by atoms with Crippen molar-refractivity contribution >= 4 is 0 Å². The van der Waals surface area contributed by atoms with Gasteiger partial charge in [-0.15, -0.1) is 0 Å². The molecule has 0 saturated carbocycles. The van der Waals surface area contributed by atoms with Crippen molar-refractivity contribution in [1.82, 2.24) is 0 Å². The van der Waals surface area contributed by atoms with Gasteiger partial charge in [0.2, 0.25) is 0 Å². The van der Waals surface area contributed by atoms with Crippen LogP contribution >= 0.6 is 0 Å². The predicted molar refractivity (Wildman–Crippen MR) is 57.7 cm³/mol. The third-order valence-electron chi connectivity index (χ3n) is 3.97. The van der Waals surface area contributed by atoms with Crippen LogP contribution in [0.25, 0.3) is 0 Å². The molecule has 94 valence electrons. The second-order valence-corrected chi connectivity index (χ2v) is 4.89. The van der Waals surface area contributed by atoms with Crippen LogP contribution < -0.4 is 0 Å². The van der Waals surface area contributed by atoms with E-state index < -0.39 is 22.5 Å². The minimum absolute atomic E-state index is 0.268. The molecule has 2 heterocycles. The van der Waals surface area contributed by atoms with Crippen molar-refractivity contribution in [2.45, 2.75) is 5.41 Å². The van der Waals surface area contributed by atoms with Gasteiger partial charge in [-0.25, -0.2) is 8.78 Å². The highest BCUT2D eigenvalue weighted by Crippen LogP contribution is 2.52. The number of hydrogen-bond donors (Lipinski definition) is 0. The molecule has 0 aromatic heterocycles. The van der Waals surface area contributed by atoms with E-state index in [9.17, 15) is 14.0 Å². The summed E-state index contributed by atoms with van der Waals surface area (Å²) in [6.45, 7) is 1.08. The van der Waals surface area contributed by atoms with Gasteiger partial charge in [0.05, 0.1) is 37.9 Å². The summed E-state index contributed by atoms with van der Waals surface area (Å²) in [5.74, 6) is -1.25. The third-order valence-corrected chi connectivity index (χ3v) is 3.97.